The largest absolute Gasteiger partial charge is 0.298 e. The van der Waals surface area contributed by atoms with Crippen molar-refractivity contribution in [3.8, 4) is 0 Å². The first-order chi connectivity index (χ1) is 5.42. The Balaban J connectivity index is 2.86. The number of aromatic nitrogens is 3. The van der Waals surface area contributed by atoms with Gasteiger partial charge in [0.05, 0.1) is 5.56 Å². The molecule has 0 amide bonds. The summed E-state index contributed by atoms with van der Waals surface area (Å²) in [6.45, 7) is 0. The SMILES string of the molecule is O=Cc1ccn2cncnc12. The molecule has 4 heteroatoms. The number of carbonyl (C=O) groups excluding carboxylic acids is 1. The van der Waals surface area contributed by atoms with Crippen LogP contribution in [0.25, 0.3) is 5.65 Å². The van der Waals surface area contributed by atoms with Crippen molar-refractivity contribution in [2.45, 2.75) is 0 Å². The number of aldehydes is 1. The van der Waals surface area contributed by atoms with Crippen LogP contribution in [0.4, 0.5) is 0 Å². The van der Waals surface area contributed by atoms with Crippen LogP contribution in [0.2, 0.25) is 0 Å². The fraction of sp³-hybridized carbons (Fsp3) is 0. The van der Waals surface area contributed by atoms with Crippen molar-refractivity contribution in [3.05, 3.63) is 30.5 Å². The van der Waals surface area contributed by atoms with Gasteiger partial charge in [0, 0.05) is 6.20 Å². The molecule has 11 heavy (non-hydrogen) atoms. The van der Waals surface area contributed by atoms with Crippen LogP contribution in [0.5, 0.6) is 0 Å². The van der Waals surface area contributed by atoms with Gasteiger partial charge in [-0.2, -0.15) is 0 Å². The first-order valence-electron chi connectivity index (χ1n) is 3.13. The number of nitrogens with zero attached hydrogens (tertiary/aromatic N) is 3. The molecule has 4 nitrogen and oxygen atoms in total. The molecule has 0 atom stereocenters. The molecule has 0 aliphatic rings. The fourth-order valence-corrected chi connectivity index (χ4v) is 0.971. The van der Waals surface area contributed by atoms with Crippen molar-refractivity contribution in [1.82, 2.24) is 14.4 Å². The molecule has 2 rings (SSSR count). The summed E-state index contributed by atoms with van der Waals surface area (Å²) in [6.07, 6.45) is 5.55. The second-order valence-electron chi connectivity index (χ2n) is 2.13. The third-order valence-electron chi connectivity index (χ3n) is 1.48. The van der Waals surface area contributed by atoms with Gasteiger partial charge in [-0.15, -0.1) is 0 Å². The first kappa shape index (κ1) is 6.03. The minimum Gasteiger partial charge on any atom is -0.298 e. The van der Waals surface area contributed by atoms with Gasteiger partial charge < -0.3 is 0 Å². The molecule has 0 unspecified atom stereocenters. The van der Waals surface area contributed by atoms with Gasteiger partial charge in [-0.25, -0.2) is 9.97 Å². The summed E-state index contributed by atoms with van der Waals surface area (Å²) in [5.41, 5.74) is 1.24. The van der Waals surface area contributed by atoms with E-state index >= 15 is 0 Å². The zero-order valence-electron chi connectivity index (χ0n) is 5.64. The summed E-state index contributed by atoms with van der Waals surface area (Å²) >= 11 is 0. The number of carbonyl (C=O) groups is 1. The quantitative estimate of drug-likeness (QED) is 0.553. The summed E-state index contributed by atoms with van der Waals surface area (Å²) in [4.78, 5) is 18.1. The lowest BCUT2D eigenvalue weighted by atomic mass is 10.4. The molecule has 0 saturated carbocycles. The van der Waals surface area contributed by atoms with Crippen molar-refractivity contribution in [2.24, 2.45) is 0 Å². The lowest BCUT2D eigenvalue weighted by molar-refractivity contribution is 0.112. The molecule has 0 aliphatic carbocycles. The van der Waals surface area contributed by atoms with E-state index < -0.39 is 0 Å². The lowest BCUT2D eigenvalue weighted by Gasteiger charge is -1.89. The smallest absolute Gasteiger partial charge is 0.153 e. The van der Waals surface area contributed by atoms with E-state index in [4.69, 9.17) is 0 Å². The standard InChI is InChI=1S/C7H5N3O/c11-3-6-1-2-10-5-8-4-9-7(6)10/h1-5H. The van der Waals surface area contributed by atoms with Crippen molar-refractivity contribution in [3.63, 3.8) is 0 Å². The molecule has 0 aromatic carbocycles. The maximum atomic E-state index is 10.4. The van der Waals surface area contributed by atoms with Crippen molar-refractivity contribution in [1.29, 1.82) is 0 Å². The highest BCUT2D eigenvalue weighted by molar-refractivity contribution is 5.84. The molecule has 54 valence electrons. The van der Waals surface area contributed by atoms with Crippen LogP contribution in [0, 0.1) is 0 Å². The van der Waals surface area contributed by atoms with E-state index in [1.165, 1.54) is 6.33 Å². The molecule has 2 aromatic rings. The first-order valence-corrected chi connectivity index (χ1v) is 3.13. The Bertz CT molecular complexity index is 393. The molecule has 0 N–H and O–H groups in total. The normalized spacial score (nSPS) is 10.2. The average Bonchev–Trinajstić information content (AvgIpc) is 2.47. The summed E-state index contributed by atoms with van der Waals surface area (Å²) in [6, 6.07) is 1.71. The predicted octanol–water partition coefficient (Wildman–Crippen LogP) is 0.542. The zero-order chi connectivity index (χ0) is 7.68. The number of rotatable bonds is 1. The summed E-state index contributed by atoms with van der Waals surface area (Å²) in [5.74, 6) is 0. The van der Waals surface area contributed by atoms with Crippen LogP contribution in [-0.2, 0) is 0 Å². The fourth-order valence-electron chi connectivity index (χ4n) is 0.971. The van der Waals surface area contributed by atoms with Gasteiger partial charge in [0.25, 0.3) is 0 Å². The molecule has 0 saturated heterocycles. The topological polar surface area (TPSA) is 47.3 Å². The highest BCUT2D eigenvalue weighted by atomic mass is 16.1. The molecular weight excluding hydrogens is 142 g/mol. The Labute approximate surface area is 62.5 Å². The molecule has 0 bridgehead atoms. The van der Waals surface area contributed by atoms with Crippen LogP contribution >= 0.6 is 0 Å². The van der Waals surface area contributed by atoms with E-state index in [1.807, 2.05) is 0 Å². The Kier molecular flexibility index (Phi) is 1.18. The van der Waals surface area contributed by atoms with E-state index in [0.29, 0.717) is 11.2 Å². The maximum Gasteiger partial charge on any atom is 0.153 e. The van der Waals surface area contributed by atoms with E-state index in [-0.39, 0.29) is 0 Å². The Morgan fingerprint density at radius 2 is 2.45 bits per heavy atom. The van der Waals surface area contributed by atoms with Gasteiger partial charge in [-0.05, 0) is 6.07 Å². The number of fused-ring (bicyclic) bond motifs is 1. The van der Waals surface area contributed by atoms with E-state index in [1.54, 1.807) is 23.0 Å². The summed E-state index contributed by atoms with van der Waals surface area (Å²) in [7, 11) is 0. The van der Waals surface area contributed by atoms with Gasteiger partial charge in [0.1, 0.15) is 18.3 Å². The van der Waals surface area contributed by atoms with Gasteiger partial charge >= 0.3 is 0 Å². The van der Waals surface area contributed by atoms with Gasteiger partial charge in [-0.1, -0.05) is 0 Å². The van der Waals surface area contributed by atoms with Crippen LogP contribution < -0.4 is 0 Å². The minimum absolute atomic E-state index is 0.590. The van der Waals surface area contributed by atoms with Gasteiger partial charge in [0.15, 0.2) is 6.29 Å². The second kappa shape index (κ2) is 2.16. The predicted molar refractivity (Wildman–Crippen MR) is 38.4 cm³/mol. The number of hydrogen-bond donors (Lipinski definition) is 0. The van der Waals surface area contributed by atoms with Gasteiger partial charge in [0.2, 0.25) is 0 Å². The summed E-state index contributed by atoms with van der Waals surface area (Å²) < 4.78 is 1.70. The zero-order valence-corrected chi connectivity index (χ0v) is 5.64. The molecular formula is C7H5N3O. The summed E-state index contributed by atoms with van der Waals surface area (Å²) in [5, 5.41) is 0. The Morgan fingerprint density at radius 1 is 1.55 bits per heavy atom. The van der Waals surface area contributed by atoms with E-state index in [0.717, 1.165) is 6.29 Å². The van der Waals surface area contributed by atoms with Crippen molar-refractivity contribution in [2.75, 3.05) is 0 Å². The Morgan fingerprint density at radius 3 is 3.27 bits per heavy atom. The molecule has 0 radical (unpaired) electrons. The van der Waals surface area contributed by atoms with E-state index in [9.17, 15) is 4.79 Å². The number of hydrogen-bond acceptors (Lipinski definition) is 3. The second-order valence-corrected chi connectivity index (χ2v) is 2.13. The maximum absolute atomic E-state index is 10.4. The minimum atomic E-state index is 0.590. The van der Waals surface area contributed by atoms with Gasteiger partial charge in [-0.3, -0.25) is 9.20 Å². The van der Waals surface area contributed by atoms with E-state index in [2.05, 4.69) is 9.97 Å². The van der Waals surface area contributed by atoms with Crippen molar-refractivity contribution >= 4 is 11.9 Å². The Hall–Kier alpha value is -1.71. The van der Waals surface area contributed by atoms with Crippen LogP contribution in [0.1, 0.15) is 10.4 Å². The van der Waals surface area contributed by atoms with Crippen LogP contribution in [0.3, 0.4) is 0 Å². The lowest BCUT2D eigenvalue weighted by Crippen LogP contribution is -1.88. The third kappa shape index (κ3) is 0.797. The molecule has 0 aliphatic heterocycles. The molecule has 0 fully saturated rings. The van der Waals surface area contributed by atoms with Crippen LogP contribution in [0.15, 0.2) is 24.9 Å². The average molecular weight is 147 g/mol. The molecule has 2 heterocycles. The molecule has 0 spiro atoms. The molecule has 2 aromatic heterocycles. The highest BCUT2D eigenvalue weighted by Crippen LogP contribution is 2.04. The van der Waals surface area contributed by atoms with Crippen LogP contribution in [-0.4, -0.2) is 20.7 Å². The third-order valence-corrected chi connectivity index (χ3v) is 1.48. The highest BCUT2D eigenvalue weighted by Gasteiger charge is 1.99. The van der Waals surface area contributed by atoms with Crippen molar-refractivity contribution < 1.29 is 4.79 Å². The monoisotopic (exact) mass is 147 g/mol.